The summed E-state index contributed by atoms with van der Waals surface area (Å²) in [4.78, 5) is 11.0. The van der Waals surface area contributed by atoms with Crippen LogP contribution in [0.15, 0.2) is 35.9 Å². The van der Waals surface area contributed by atoms with Crippen molar-refractivity contribution in [3.63, 3.8) is 0 Å². The summed E-state index contributed by atoms with van der Waals surface area (Å²) in [6, 6.07) is -0.0456. The Labute approximate surface area is 147 Å². The summed E-state index contributed by atoms with van der Waals surface area (Å²) in [5, 5.41) is 4.13. The van der Waals surface area contributed by atoms with E-state index in [4.69, 9.17) is 0 Å². The molecule has 5 heterocycles. The van der Waals surface area contributed by atoms with E-state index in [1.165, 1.54) is 6.20 Å². The van der Waals surface area contributed by atoms with Crippen LogP contribution in [0.1, 0.15) is 19.8 Å². The molecule has 2 aromatic heterocycles. The van der Waals surface area contributed by atoms with E-state index in [1.54, 1.807) is 33.8 Å². The largest absolute Gasteiger partial charge is 0.353 e. The zero-order valence-electron chi connectivity index (χ0n) is 14.2. The number of fused-ring (bicyclic) bond motifs is 4. The minimum absolute atomic E-state index is 0.0456. The summed E-state index contributed by atoms with van der Waals surface area (Å²) in [6.07, 6.45) is 10.1. The Kier molecular flexibility index (Phi) is 4.20. The van der Waals surface area contributed by atoms with Gasteiger partial charge in [0.25, 0.3) is 0 Å². The van der Waals surface area contributed by atoms with Crippen LogP contribution in [0, 0.1) is 5.92 Å². The highest BCUT2D eigenvalue weighted by Gasteiger charge is 2.41. The zero-order valence-corrected chi connectivity index (χ0v) is 15.0. The van der Waals surface area contributed by atoms with Gasteiger partial charge in [-0.3, -0.25) is 9.67 Å². The fourth-order valence-corrected chi connectivity index (χ4v) is 5.44. The molecule has 3 aliphatic heterocycles. The molecule has 0 aliphatic carbocycles. The van der Waals surface area contributed by atoms with E-state index in [-0.39, 0.29) is 10.9 Å². The Morgan fingerprint density at radius 1 is 1.16 bits per heavy atom. The van der Waals surface area contributed by atoms with E-state index in [9.17, 15) is 8.42 Å². The number of rotatable bonds is 4. The minimum Gasteiger partial charge on any atom is -0.353 e. The third-order valence-electron chi connectivity index (χ3n) is 5.08. The number of hydrogen-bond acceptors (Lipinski definition) is 6. The van der Waals surface area contributed by atoms with Crippen molar-refractivity contribution >= 4 is 15.8 Å². The van der Waals surface area contributed by atoms with Gasteiger partial charge in [0.15, 0.2) is 0 Å². The maximum atomic E-state index is 13.1. The first kappa shape index (κ1) is 16.5. The topological polar surface area (TPSA) is 84.2 Å². The van der Waals surface area contributed by atoms with Gasteiger partial charge in [-0.1, -0.05) is 0 Å². The van der Waals surface area contributed by atoms with Gasteiger partial charge in [-0.05, 0) is 25.7 Å². The Morgan fingerprint density at radius 2 is 2.04 bits per heavy atom. The number of aromatic nitrogens is 4. The lowest BCUT2D eigenvalue weighted by Gasteiger charge is -2.34. The van der Waals surface area contributed by atoms with Gasteiger partial charge in [0.2, 0.25) is 10.0 Å². The monoisotopic (exact) mass is 362 g/mol. The Bertz CT molecular complexity index is 837. The Hall–Kier alpha value is -2.00. The molecule has 0 radical (unpaired) electrons. The molecule has 9 heteroatoms. The van der Waals surface area contributed by atoms with E-state index in [1.807, 2.05) is 6.92 Å². The molecule has 2 aromatic rings. The summed E-state index contributed by atoms with van der Waals surface area (Å²) in [5.41, 5.74) is 0. The van der Waals surface area contributed by atoms with E-state index in [0.717, 1.165) is 25.2 Å². The molecule has 3 fully saturated rings. The van der Waals surface area contributed by atoms with E-state index in [0.29, 0.717) is 25.6 Å². The quantitative estimate of drug-likeness (QED) is 0.806. The molecule has 2 atom stereocenters. The predicted molar refractivity (Wildman–Crippen MR) is 92.5 cm³/mol. The lowest BCUT2D eigenvalue weighted by atomic mass is 9.97. The summed E-state index contributed by atoms with van der Waals surface area (Å²) >= 11 is 0. The second kappa shape index (κ2) is 6.38. The number of piperidine rings is 1. The highest BCUT2D eigenvalue weighted by atomic mass is 32.2. The molecule has 25 heavy (non-hydrogen) atoms. The maximum absolute atomic E-state index is 13.1. The second-order valence-corrected chi connectivity index (χ2v) is 8.56. The molecule has 0 N–H and O–H groups in total. The van der Waals surface area contributed by atoms with Gasteiger partial charge >= 0.3 is 0 Å². The minimum atomic E-state index is -3.52. The van der Waals surface area contributed by atoms with Crippen LogP contribution < -0.4 is 4.90 Å². The predicted octanol–water partition coefficient (Wildman–Crippen LogP) is 0.982. The van der Waals surface area contributed by atoms with Crippen LogP contribution in [0.2, 0.25) is 0 Å². The highest BCUT2D eigenvalue weighted by molar-refractivity contribution is 7.89. The number of aryl methyl sites for hydroxylation is 1. The molecule has 134 valence electrons. The van der Waals surface area contributed by atoms with Crippen molar-refractivity contribution < 1.29 is 8.42 Å². The number of sulfonamides is 1. The molecule has 2 unspecified atom stereocenters. The molecule has 0 saturated carbocycles. The lowest BCUT2D eigenvalue weighted by Crippen LogP contribution is -2.47. The Balaban J connectivity index is 1.62. The molecule has 5 rings (SSSR count). The first-order chi connectivity index (χ1) is 12.1. The van der Waals surface area contributed by atoms with Crippen molar-refractivity contribution in [2.75, 3.05) is 24.5 Å². The van der Waals surface area contributed by atoms with Crippen LogP contribution >= 0.6 is 0 Å². The standard InChI is InChI=1S/C16H22N6O2S/c1-2-21-12-15(7-19-21)25(23,24)22-10-13-3-4-14(22)11-20(9-13)16-8-17-5-6-18-16/h5-8,12-14H,2-4,9-11H2,1H3. The lowest BCUT2D eigenvalue weighted by molar-refractivity contribution is 0.230. The van der Waals surface area contributed by atoms with Gasteiger partial charge in [-0.15, -0.1) is 0 Å². The number of anilines is 1. The molecule has 0 aromatic carbocycles. The van der Waals surface area contributed by atoms with Crippen molar-refractivity contribution in [3.05, 3.63) is 31.0 Å². The van der Waals surface area contributed by atoms with E-state index < -0.39 is 10.0 Å². The first-order valence-corrected chi connectivity index (χ1v) is 10.1. The molecular formula is C16H22N6O2S. The van der Waals surface area contributed by atoms with Crippen molar-refractivity contribution in [2.45, 2.75) is 37.2 Å². The summed E-state index contributed by atoms with van der Waals surface area (Å²) in [5.74, 6) is 1.12. The fraction of sp³-hybridized carbons (Fsp3) is 0.562. The smallest absolute Gasteiger partial charge is 0.246 e. The van der Waals surface area contributed by atoms with Gasteiger partial charge < -0.3 is 4.90 Å². The Morgan fingerprint density at radius 3 is 2.76 bits per heavy atom. The van der Waals surface area contributed by atoms with Crippen molar-refractivity contribution in [2.24, 2.45) is 5.92 Å². The van der Waals surface area contributed by atoms with Crippen LogP contribution in [0.25, 0.3) is 0 Å². The average molecular weight is 362 g/mol. The number of hydrogen-bond donors (Lipinski definition) is 0. The van der Waals surface area contributed by atoms with Gasteiger partial charge in [-0.2, -0.15) is 9.40 Å². The van der Waals surface area contributed by atoms with Gasteiger partial charge in [0, 0.05) is 50.8 Å². The SMILES string of the molecule is CCn1cc(S(=O)(=O)N2CC3CCC2CN(c2cnccn2)C3)cn1. The second-order valence-electron chi connectivity index (χ2n) is 6.67. The first-order valence-electron chi connectivity index (χ1n) is 8.63. The van der Waals surface area contributed by atoms with Crippen LogP contribution in [0.4, 0.5) is 5.82 Å². The van der Waals surface area contributed by atoms with Crippen LogP contribution in [0.3, 0.4) is 0 Å². The molecule has 2 bridgehead atoms. The summed E-state index contributed by atoms with van der Waals surface area (Å²) < 4.78 is 29.6. The highest BCUT2D eigenvalue weighted by Crippen LogP contribution is 2.33. The molecule has 3 aliphatic rings. The summed E-state index contributed by atoms with van der Waals surface area (Å²) in [7, 11) is -3.52. The molecule has 3 saturated heterocycles. The zero-order chi connectivity index (χ0) is 17.4. The van der Waals surface area contributed by atoms with Gasteiger partial charge in [0.05, 0.1) is 12.4 Å². The van der Waals surface area contributed by atoms with Crippen molar-refractivity contribution in [1.29, 1.82) is 0 Å². The third-order valence-corrected chi connectivity index (χ3v) is 6.95. The van der Waals surface area contributed by atoms with Crippen LogP contribution in [0.5, 0.6) is 0 Å². The molecule has 8 nitrogen and oxygen atoms in total. The molecular weight excluding hydrogens is 340 g/mol. The maximum Gasteiger partial charge on any atom is 0.246 e. The summed E-state index contributed by atoms with van der Waals surface area (Å²) in [6.45, 7) is 4.62. The molecule has 0 amide bonds. The molecule has 0 spiro atoms. The van der Waals surface area contributed by atoms with E-state index in [2.05, 4.69) is 20.0 Å². The average Bonchev–Trinajstić information content (AvgIpc) is 2.95. The van der Waals surface area contributed by atoms with Gasteiger partial charge in [0.1, 0.15) is 10.7 Å². The number of nitrogens with zero attached hydrogens (tertiary/aromatic N) is 6. The van der Waals surface area contributed by atoms with Crippen molar-refractivity contribution in [1.82, 2.24) is 24.1 Å². The van der Waals surface area contributed by atoms with Crippen LogP contribution in [-0.2, 0) is 16.6 Å². The van der Waals surface area contributed by atoms with E-state index >= 15 is 0 Å². The normalized spacial score (nSPS) is 24.4. The third kappa shape index (κ3) is 3.02. The fourth-order valence-electron chi connectivity index (χ4n) is 3.76. The van der Waals surface area contributed by atoms with Crippen molar-refractivity contribution in [3.8, 4) is 0 Å². The van der Waals surface area contributed by atoms with Crippen LogP contribution in [-0.4, -0.2) is 58.1 Å². The van der Waals surface area contributed by atoms with Gasteiger partial charge in [-0.25, -0.2) is 13.4 Å².